The summed E-state index contributed by atoms with van der Waals surface area (Å²) in [5, 5.41) is 0. The van der Waals surface area contributed by atoms with Crippen LogP contribution in [0.15, 0.2) is 18.5 Å². The maximum absolute atomic E-state index is 12.2. The summed E-state index contributed by atoms with van der Waals surface area (Å²) in [6, 6.07) is 1.82. The molecule has 0 saturated carbocycles. The molecule has 1 unspecified atom stereocenters. The van der Waals surface area contributed by atoms with E-state index in [0.29, 0.717) is 18.4 Å². The predicted molar refractivity (Wildman–Crippen MR) is 86.8 cm³/mol. The van der Waals surface area contributed by atoms with Crippen LogP contribution in [0.3, 0.4) is 0 Å². The van der Waals surface area contributed by atoms with E-state index in [2.05, 4.69) is 19.8 Å². The molecule has 134 valence electrons. The summed E-state index contributed by atoms with van der Waals surface area (Å²) in [4.78, 5) is 13.1. The van der Waals surface area contributed by atoms with Gasteiger partial charge in [0.05, 0.1) is 0 Å². The zero-order chi connectivity index (χ0) is 17.0. The number of piperidine rings is 1. The number of likely N-dealkylation sites (tertiary alicyclic amines) is 1. The highest BCUT2D eigenvalue weighted by molar-refractivity contribution is 5.28. The fourth-order valence-corrected chi connectivity index (χ4v) is 3.98. The summed E-state index contributed by atoms with van der Waals surface area (Å²) in [6.07, 6.45) is 2.45. The number of aromatic nitrogens is 2. The van der Waals surface area contributed by atoms with Crippen molar-refractivity contribution in [3.05, 3.63) is 18.5 Å². The molecule has 0 bridgehead atoms. The van der Waals surface area contributed by atoms with E-state index in [1.165, 1.54) is 0 Å². The van der Waals surface area contributed by atoms with Gasteiger partial charge in [-0.2, -0.15) is 13.2 Å². The molecule has 2 fully saturated rings. The van der Waals surface area contributed by atoms with Crippen molar-refractivity contribution in [1.29, 1.82) is 0 Å². The molecule has 2 saturated heterocycles. The van der Waals surface area contributed by atoms with E-state index in [9.17, 15) is 13.2 Å². The number of hydrogen-bond acceptors (Lipinski definition) is 4. The van der Waals surface area contributed by atoms with Crippen molar-refractivity contribution in [2.24, 2.45) is 11.8 Å². The second-order valence-electron chi connectivity index (χ2n) is 6.94. The number of alkyl halides is 3. The Bertz CT molecular complexity index is 500. The van der Waals surface area contributed by atoms with E-state index in [1.54, 1.807) is 12.4 Å². The Kier molecular flexibility index (Phi) is 5.58. The molecular weight excluding hydrogens is 317 g/mol. The van der Waals surface area contributed by atoms with Gasteiger partial charge in [-0.05, 0) is 56.7 Å². The lowest BCUT2D eigenvalue weighted by atomic mass is 9.84. The maximum Gasteiger partial charge on any atom is 0.389 e. The Morgan fingerprint density at radius 2 is 1.67 bits per heavy atom. The van der Waals surface area contributed by atoms with Crippen LogP contribution in [0.5, 0.6) is 0 Å². The van der Waals surface area contributed by atoms with Gasteiger partial charge in [0.25, 0.3) is 0 Å². The molecule has 2 aliphatic heterocycles. The van der Waals surface area contributed by atoms with Crippen molar-refractivity contribution < 1.29 is 13.2 Å². The Labute approximate surface area is 141 Å². The fourth-order valence-electron chi connectivity index (χ4n) is 3.98. The Balaban J connectivity index is 1.40. The quantitative estimate of drug-likeness (QED) is 0.821. The standard InChI is InChI=1S/C17H25F3N4/c18-17(19,20)6-1-9-23-10-3-15(13-23)14-4-11-24(12-5-14)16-21-7-2-8-22-16/h2,7-8,14-15H,1,3-6,9-13H2. The minimum Gasteiger partial charge on any atom is -0.341 e. The van der Waals surface area contributed by atoms with E-state index < -0.39 is 12.6 Å². The lowest BCUT2D eigenvalue weighted by Gasteiger charge is -2.34. The first kappa shape index (κ1) is 17.5. The summed E-state index contributed by atoms with van der Waals surface area (Å²) >= 11 is 0. The summed E-state index contributed by atoms with van der Waals surface area (Å²) in [6.45, 7) is 4.43. The number of rotatable bonds is 5. The Morgan fingerprint density at radius 1 is 1.00 bits per heavy atom. The molecule has 0 aromatic carbocycles. The number of halogens is 3. The zero-order valence-electron chi connectivity index (χ0n) is 13.9. The Morgan fingerprint density at radius 3 is 2.33 bits per heavy atom. The molecule has 0 amide bonds. The fraction of sp³-hybridized carbons (Fsp3) is 0.765. The molecule has 7 heteroatoms. The van der Waals surface area contributed by atoms with Gasteiger partial charge in [-0.3, -0.25) is 0 Å². The predicted octanol–water partition coefficient (Wildman–Crippen LogP) is 3.36. The summed E-state index contributed by atoms with van der Waals surface area (Å²) in [5.74, 6) is 2.11. The second kappa shape index (κ2) is 7.68. The van der Waals surface area contributed by atoms with Crippen LogP contribution in [-0.2, 0) is 0 Å². The van der Waals surface area contributed by atoms with E-state index in [0.717, 1.165) is 51.4 Å². The van der Waals surface area contributed by atoms with Gasteiger partial charge in [0.1, 0.15) is 0 Å². The van der Waals surface area contributed by atoms with Gasteiger partial charge in [0, 0.05) is 38.4 Å². The molecule has 0 radical (unpaired) electrons. The van der Waals surface area contributed by atoms with Crippen LogP contribution in [0.25, 0.3) is 0 Å². The number of hydrogen-bond donors (Lipinski definition) is 0. The molecule has 0 N–H and O–H groups in total. The second-order valence-corrected chi connectivity index (χ2v) is 6.94. The van der Waals surface area contributed by atoms with Gasteiger partial charge in [-0.15, -0.1) is 0 Å². The highest BCUT2D eigenvalue weighted by Gasteiger charge is 2.33. The van der Waals surface area contributed by atoms with Crippen molar-refractivity contribution in [1.82, 2.24) is 14.9 Å². The van der Waals surface area contributed by atoms with Crippen molar-refractivity contribution >= 4 is 5.95 Å². The lowest BCUT2D eigenvalue weighted by Crippen LogP contribution is -2.37. The maximum atomic E-state index is 12.2. The van der Waals surface area contributed by atoms with Gasteiger partial charge in [-0.1, -0.05) is 0 Å². The normalized spacial score (nSPS) is 23.8. The topological polar surface area (TPSA) is 32.3 Å². The SMILES string of the molecule is FC(F)(F)CCCN1CCC(C2CCN(c3ncccn3)CC2)C1. The molecule has 1 aromatic rings. The smallest absolute Gasteiger partial charge is 0.341 e. The van der Waals surface area contributed by atoms with Crippen LogP contribution in [0.4, 0.5) is 19.1 Å². The van der Waals surface area contributed by atoms with Crippen LogP contribution >= 0.6 is 0 Å². The first-order valence-electron chi connectivity index (χ1n) is 8.82. The summed E-state index contributed by atoms with van der Waals surface area (Å²) in [5.41, 5.74) is 0. The summed E-state index contributed by atoms with van der Waals surface area (Å²) in [7, 11) is 0. The highest BCUT2D eigenvalue weighted by Crippen LogP contribution is 2.33. The number of anilines is 1. The first-order chi connectivity index (χ1) is 11.5. The third-order valence-corrected chi connectivity index (χ3v) is 5.28. The van der Waals surface area contributed by atoms with Crippen molar-refractivity contribution in [3.63, 3.8) is 0 Å². The van der Waals surface area contributed by atoms with Gasteiger partial charge >= 0.3 is 6.18 Å². The average Bonchev–Trinajstić information content (AvgIpc) is 3.03. The summed E-state index contributed by atoms with van der Waals surface area (Å²) < 4.78 is 36.7. The molecular formula is C17H25F3N4. The third kappa shape index (κ3) is 4.82. The van der Waals surface area contributed by atoms with Gasteiger partial charge < -0.3 is 9.80 Å². The zero-order valence-corrected chi connectivity index (χ0v) is 13.9. The molecule has 0 spiro atoms. The first-order valence-corrected chi connectivity index (χ1v) is 8.82. The molecule has 3 rings (SSSR count). The molecule has 1 atom stereocenters. The van der Waals surface area contributed by atoms with E-state index >= 15 is 0 Å². The monoisotopic (exact) mass is 342 g/mol. The molecule has 1 aromatic heterocycles. The van der Waals surface area contributed by atoms with Crippen LogP contribution in [0.1, 0.15) is 32.1 Å². The molecule has 2 aliphatic rings. The van der Waals surface area contributed by atoms with E-state index in [1.807, 2.05) is 6.07 Å². The molecule has 3 heterocycles. The van der Waals surface area contributed by atoms with Crippen molar-refractivity contribution in [3.8, 4) is 0 Å². The average molecular weight is 342 g/mol. The van der Waals surface area contributed by atoms with E-state index in [-0.39, 0.29) is 6.42 Å². The lowest BCUT2D eigenvalue weighted by molar-refractivity contribution is -0.136. The van der Waals surface area contributed by atoms with Crippen molar-refractivity contribution in [2.75, 3.05) is 37.6 Å². The molecule has 4 nitrogen and oxygen atoms in total. The minimum absolute atomic E-state index is 0.222. The molecule has 0 aliphatic carbocycles. The van der Waals surface area contributed by atoms with Crippen LogP contribution < -0.4 is 4.90 Å². The molecule has 24 heavy (non-hydrogen) atoms. The van der Waals surface area contributed by atoms with Crippen LogP contribution in [-0.4, -0.2) is 53.8 Å². The van der Waals surface area contributed by atoms with Gasteiger partial charge in [-0.25, -0.2) is 9.97 Å². The van der Waals surface area contributed by atoms with Gasteiger partial charge in [0.2, 0.25) is 5.95 Å². The third-order valence-electron chi connectivity index (χ3n) is 5.28. The Hall–Kier alpha value is -1.37. The van der Waals surface area contributed by atoms with E-state index in [4.69, 9.17) is 0 Å². The highest BCUT2D eigenvalue weighted by atomic mass is 19.4. The van der Waals surface area contributed by atoms with Gasteiger partial charge in [0.15, 0.2) is 0 Å². The number of nitrogens with zero attached hydrogens (tertiary/aromatic N) is 4. The van der Waals surface area contributed by atoms with Crippen LogP contribution in [0, 0.1) is 11.8 Å². The largest absolute Gasteiger partial charge is 0.389 e. The van der Waals surface area contributed by atoms with Crippen LogP contribution in [0.2, 0.25) is 0 Å². The minimum atomic E-state index is -4.02. The van der Waals surface area contributed by atoms with Crippen molar-refractivity contribution in [2.45, 2.75) is 38.3 Å².